The first-order valence-corrected chi connectivity index (χ1v) is 8.41. The first-order chi connectivity index (χ1) is 12.1. The molecule has 4 aromatic rings. The lowest BCUT2D eigenvalue weighted by molar-refractivity contribution is 1.32. The van der Waals surface area contributed by atoms with E-state index in [9.17, 15) is 0 Å². The van der Waals surface area contributed by atoms with E-state index in [4.69, 9.17) is 4.98 Å². The summed E-state index contributed by atoms with van der Waals surface area (Å²) in [6.45, 7) is 4.25. The summed E-state index contributed by atoms with van der Waals surface area (Å²) in [7, 11) is 0. The topological polar surface area (TPSA) is 60.3 Å². The van der Waals surface area contributed by atoms with Gasteiger partial charge in [0.1, 0.15) is 0 Å². The van der Waals surface area contributed by atoms with E-state index >= 15 is 0 Å². The molecule has 0 aromatic carbocycles. The van der Waals surface area contributed by atoms with Crippen LogP contribution in [-0.4, -0.2) is 19.9 Å². The van der Waals surface area contributed by atoms with Crippen LogP contribution in [0.4, 0.5) is 0 Å². The van der Waals surface area contributed by atoms with Crippen LogP contribution in [0.25, 0.3) is 45.3 Å². The van der Waals surface area contributed by atoms with E-state index in [-0.39, 0.29) is 0 Å². The van der Waals surface area contributed by atoms with Crippen LogP contribution in [0.2, 0.25) is 0 Å². The average molecular weight is 326 g/mol. The summed E-state index contributed by atoms with van der Waals surface area (Å²) in [5, 5.41) is 0. The highest BCUT2D eigenvalue weighted by atomic mass is 14.8. The quantitative estimate of drug-likeness (QED) is 0.355. The monoisotopic (exact) mass is 326 g/mol. The maximum atomic E-state index is 4.69. The Morgan fingerprint density at radius 3 is 2.24 bits per heavy atom. The lowest BCUT2D eigenvalue weighted by atomic mass is 10.2. The van der Waals surface area contributed by atoms with E-state index in [0.717, 1.165) is 44.5 Å². The van der Waals surface area contributed by atoms with Gasteiger partial charge in [0.15, 0.2) is 0 Å². The molecule has 5 rings (SSSR count). The third kappa shape index (κ3) is 2.43. The van der Waals surface area contributed by atoms with E-state index in [1.165, 1.54) is 11.1 Å². The summed E-state index contributed by atoms with van der Waals surface area (Å²) < 4.78 is 0. The molecule has 0 saturated heterocycles. The Bertz CT molecular complexity index is 1260. The van der Waals surface area contributed by atoms with Crippen molar-refractivity contribution in [2.45, 2.75) is 13.8 Å². The fourth-order valence-corrected chi connectivity index (χ4v) is 3.43. The van der Waals surface area contributed by atoms with Crippen molar-refractivity contribution >= 4 is 45.3 Å². The predicted octanol–water partition coefficient (Wildman–Crippen LogP) is 5.31. The number of nitrogens with zero attached hydrogens (tertiary/aromatic N) is 1. The van der Waals surface area contributed by atoms with Crippen molar-refractivity contribution in [3.63, 3.8) is 0 Å². The second-order valence-corrected chi connectivity index (χ2v) is 6.66. The van der Waals surface area contributed by atoms with Gasteiger partial charge < -0.3 is 15.0 Å². The lowest BCUT2D eigenvalue weighted by Crippen LogP contribution is -1.74. The van der Waals surface area contributed by atoms with Gasteiger partial charge >= 0.3 is 0 Å². The largest absolute Gasteiger partial charge is 0.355 e. The van der Waals surface area contributed by atoms with Crippen LogP contribution in [0.15, 0.2) is 42.5 Å². The molecule has 3 N–H and O–H groups in total. The lowest BCUT2D eigenvalue weighted by Gasteiger charge is -1.87. The highest BCUT2D eigenvalue weighted by molar-refractivity contribution is 5.86. The molecular weight excluding hydrogens is 308 g/mol. The number of H-pyrrole nitrogens is 3. The number of aromatic amines is 3. The first kappa shape index (κ1) is 14.1. The fourth-order valence-electron chi connectivity index (χ4n) is 3.43. The zero-order chi connectivity index (χ0) is 17.0. The summed E-state index contributed by atoms with van der Waals surface area (Å²) >= 11 is 0. The maximum absolute atomic E-state index is 4.69. The van der Waals surface area contributed by atoms with Crippen molar-refractivity contribution in [1.82, 2.24) is 19.9 Å². The average Bonchev–Trinajstić information content (AvgIpc) is 3.32. The van der Waals surface area contributed by atoms with Crippen molar-refractivity contribution in [3.8, 4) is 0 Å². The molecule has 122 valence electrons. The molecule has 4 aromatic heterocycles. The Morgan fingerprint density at radius 1 is 0.640 bits per heavy atom. The van der Waals surface area contributed by atoms with E-state index in [2.05, 4.69) is 71.3 Å². The number of hydrogen-bond donors (Lipinski definition) is 3. The second kappa shape index (κ2) is 5.11. The van der Waals surface area contributed by atoms with Crippen molar-refractivity contribution in [1.29, 1.82) is 0 Å². The zero-order valence-electron chi connectivity index (χ0n) is 14.1. The minimum Gasteiger partial charge on any atom is -0.355 e. The summed E-state index contributed by atoms with van der Waals surface area (Å²) in [5.41, 5.74) is 10.9. The fraction of sp³-hybridized carbons (Fsp3) is 0.0952. The minimum atomic E-state index is 0.955. The van der Waals surface area contributed by atoms with Gasteiger partial charge in [0.2, 0.25) is 0 Å². The summed E-state index contributed by atoms with van der Waals surface area (Å²) in [4.78, 5) is 15.2. The van der Waals surface area contributed by atoms with Gasteiger partial charge in [-0.3, -0.25) is 0 Å². The SMILES string of the molecule is Cc1cc2[nH]c1cc1nc(cc3ccc(cc4cc(C)c2[nH]4)[nH]3)C=C1. The molecule has 0 aliphatic carbocycles. The Hall–Kier alpha value is -3.27. The minimum absolute atomic E-state index is 0.955. The van der Waals surface area contributed by atoms with E-state index < -0.39 is 0 Å². The number of aromatic nitrogens is 4. The molecule has 0 fully saturated rings. The van der Waals surface area contributed by atoms with Gasteiger partial charge in [-0.15, -0.1) is 0 Å². The summed E-state index contributed by atoms with van der Waals surface area (Å²) in [6.07, 6.45) is 4.09. The maximum Gasteiger partial charge on any atom is 0.0658 e. The van der Waals surface area contributed by atoms with Crippen LogP contribution < -0.4 is 0 Å². The van der Waals surface area contributed by atoms with E-state index in [0.29, 0.717) is 0 Å². The van der Waals surface area contributed by atoms with Crippen LogP contribution in [-0.2, 0) is 0 Å². The van der Waals surface area contributed by atoms with Crippen LogP contribution >= 0.6 is 0 Å². The standard InChI is InChI=1S/C21H18N4/c1-12-8-20-21-13(2)7-18(24-21)10-16-4-3-14(22-16)9-15-5-6-17(23-15)11-19(12)25-20/h3-11,22,24-25H,1-2H3. The van der Waals surface area contributed by atoms with Crippen LogP contribution in [0.5, 0.6) is 0 Å². The molecule has 4 nitrogen and oxygen atoms in total. The van der Waals surface area contributed by atoms with Crippen molar-refractivity contribution < 1.29 is 0 Å². The van der Waals surface area contributed by atoms with E-state index in [1.54, 1.807) is 0 Å². The van der Waals surface area contributed by atoms with Gasteiger partial charge in [-0.2, -0.15) is 0 Å². The molecule has 1 aliphatic rings. The van der Waals surface area contributed by atoms with Gasteiger partial charge in [0.25, 0.3) is 0 Å². The van der Waals surface area contributed by atoms with Gasteiger partial charge in [0.05, 0.1) is 22.4 Å². The molecule has 4 heteroatoms. The van der Waals surface area contributed by atoms with Crippen molar-refractivity contribution in [2.75, 3.05) is 0 Å². The van der Waals surface area contributed by atoms with Gasteiger partial charge in [-0.1, -0.05) is 0 Å². The Labute approximate surface area is 144 Å². The second-order valence-electron chi connectivity index (χ2n) is 6.66. The Kier molecular flexibility index (Phi) is 2.88. The molecule has 8 bridgehead atoms. The van der Waals surface area contributed by atoms with Gasteiger partial charge in [-0.05, 0) is 79.6 Å². The molecule has 0 unspecified atom stereocenters. The molecule has 0 atom stereocenters. The number of hydrogen-bond acceptors (Lipinski definition) is 1. The number of fused-ring (bicyclic) bond motifs is 9. The third-order valence-corrected chi connectivity index (χ3v) is 4.68. The Balaban J connectivity index is 1.97. The Morgan fingerprint density at radius 2 is 1.40 bits per heavy atom. The molecule has 1 aliphatic heterocycles. The molecule has 25 heavy (non-hydrogen) atoms. The predicted molar refractivity (Wildman–Crippen MR) is 105 cm³/mol. The van der Waals surface area contributed by atoms with Crippen LogP contribution in [0.1, 0.15) is 22.5 Å². The number of aryl methyl sites for hydroxylation is 2. The molecule has 0 amide bonds. The molecule has 0 saturated carbocycles. The number of nitrogens with one attached hydrogen (secondary N) is 3. The van der Waals surface area contributed by atoms with Gasteiger partial charge in [0, 0.05) is 22.1 Å². The van der Waals surface area contributed by atoms with Crippen molar-refractivity contribution in [2.24, 2.45) is 0 Å². The normalized spacial score (nSPS) is 12.2. The third-order valence-electron chi connectivity index (χ3n) is 4.68. The smallest absolute Gasteiger partial charge is 0.0658 e. The molecule has 0 spiro atoms. The highest BCUT2D eigenvalue weighted by Gasteiger charge is 2.04. The molecule has 0 radical (unpaired) electrons. The zero-order valence-corrected chi connectivity index (χ0v) is 14.1. The van der Waals surface area contributed by atoms with E-state index in [1.807, 2.05) is 12.2 Å². The number of rotatable bonds is 0. The van der Waals surface area contributed by atoms with Crippen LogP contribution in [0.3, 0.4) is 0 Å². The van der Waals surface area contributed by atoms with Gasteiger partial charge in [-0.25, -0.2) is 4.98 Å². The summed E-state index contributed by atoms with van der Waals surface area (Å²) in [6, 6.07) is 14.8. The van der Waals surface area contributed by atoms with Crippen LogP contribution in [0, 0.1) is 13.8 Å². The molecular formula is C21H18N4. The highest BCUT2D eigenvalue weighted by Crippen LogP contribution is 2.22. The first-order valence-electron chi connectivity index (χ1n) is 8.41. The van der Waals surface area contributed by atoms with Crippen molar-refractivity contribution in [3.05, 3.63) is 65.0 Å². The molecule has 5 heterocycles. The summed E-state index contributed by atoms with van der Waals surface area (Å²) in [5.74, 6) is 0.